The van der Waals surface area contributed by atoms with Crippen LogP contribution in [-0.4, -0.2) is 10.9 Å². The maximum atomic E-state index is 11.9. The molecule has 2 aromatic heterocycles. The highest BCUT2D eigenvalue weighted by Crippen LogP contribution is 2.29. The van der Waals surface area contributed by atoms with Gasteiger partial charge in [-0.15, -0.1) is 11.3 Å². The summed E-state index contributed by atoms with van der Waals surface area (Å²) in [5.41, 5.74) is 0.920. The quantitative estimate of drug-likeness (QED) is 0.613. The third-order valence-electron chi connectivity index (χ3n) is 3.12. The number of carbonyl (C=O) groups is 1. The third-order valence-corrected chi connectivity index (χ3v) is 4.89. The highest BCUT2D eigenvalue weighted by Gasteiger charge is 2.09. The fourth-order valence-corrected chi connectivity index (χ4v) is 3.24. The Morgan fingerprint density at radius 3 is 2.96 bits per heavy atom. The molecular weight excluding hydrogens is 367 g/mol. The minimum absolute atomic E-state index is 0.270. The zero-order valence-electron chi connectivity index (χ0n) is 12.3. The summed E-state index contributed by atoms with van der Waals surface area (Å²) in [6, 6.07) is 9.04. The minimum Gasteiger partial charge on any atom is -0.465 e. The van der Waals surface area contributed by atoms with Crippen molar-refractivity contribution in [3.63, 3.8) is 0 Å². The number of carbonyl (C=O) groups excluding carboxylic acids is 1. The molecule has 7 heteroatoms. The van der Waals surface area contributed by atoms with Gasteiger partial charge in [-0.2, -0.15) is 0 Å². The molecule has 4 nitrogen and oxygen atoms in total. The average molecular weight is 379 g/mol. The number of nitrogens with zero attached hydrogens (tertiary/aromatic N) is 1. The zero-order valence-corrected chi connectivity index (χ0v) is 14.7. The molecule has 0 bridgehead atoms. The number of thiazole rings is 1. The van der Waals surface area contributed by atoms with Gasteiger partial charge in [-0.05, 0) is 29.8 Å². The van der Waals surface area contributed by atoms with E-state index in [1.165, 1.54) is 17.4 Å². The van der Waals surface area contributed by atoms with Gasteiger partial charge in [-0.1, -0.05) is 35.3 Å². The van der Waals surface area contributed by atoms with Gasteiger partial charge in [0.2, 0.25) is 5.91 Å². The van der Waals surface area contributed by atoms with E-state index < -0.39 is 0 Å². The van der Waals surface area contributed by atoms with Crippen LogP contribution in [0.5, 0.6) is 0 Å². The monoisotopic (exact) mass is 378 g/mol. The summed E-state index contributed by atoms with van der Waals surface area (Å²) >= 11 is 13.6. The number of nitrogens with one attached hydrogen (secondary N) is 1. The number of furan rings is 1. The summed E-state index contributed by atoms with van der Waals surface area (Å²) in [7, 11) is 0. The Labute approximate surface area is 152 Å². The van der Waals surface area contributed by atoms with Crippen molar-refractivity contribution in [1.29, 1.82) is 0 Å². The molecule has 1 amide bonds. The standard InChI is InChI=1S/C17H12Cl2N2O2S/c18-14-5-1-3-11(16(14)19)9-13-10-20-17(24-13)21-15(22)7-6-12-4-2-8-23-12/h1-8,10H,9H2,(H,20,21,22)/b7-6+. The molecule has 0 saturated carbocycles. The SMILES string of the molecule is O=C(/C=C/c1ccco1)Nc1ncc(Cc2cccc(Cl)c2Cl)s1. The van der Waals surface area contributed by atoms with Crippen molar-refractivity contribution in [3.05, 3.63) is 75.1 Å². The number of hydrogen-bond donors (Lipinski definition) is 1. The lowest BCUT2D eigenvalue weighted by atomic mass is 10.1. The molecule has 0 aliphatic carbocycles. The zero-order chi connectivity index (χ0) is 16.9. The Morgan fingerprint density at radius 2 is 2.17 bits per heavy atom. The van der Waals surface area contributed by atoms with Crippen LogP contribution in [0.1, 0.15) is 16.2 Å². The summed E-state index contributed by atoms with van der Waals surface area (Å²) in [6.07, 6.45) is 6.86. The van der Waals surface area contributed by atoms with Gasteiger partial charge in [-0.25, -0.2) is 4.98 Å². The maximum Gasteiger partial charge on any atom is 0.250 e. The summed E-state index contributed by atoms with van der Waals surface area (Å²) in [6.45, 7) is 0. The van der Waals surface area contributed by atoms with E-state index in [0.29, 0.717) is 27.4 Å². The summed E-state index contributed by atoms with van der Waals surface area (Å²) in [4.78, 5) is 17.0. The second-order valence-corrected chi connectivity index (χ2v) is 6.76. The molecule has 0 aliphatic rings. The number of halogens is 2. The first-order valence-electron chi connectivity index (χ1n) is 7.02. The number of hydrogen-bond acceptors (Lipinski definition) is 4. The molecular formula is C17H12Cl2N2O2S. The van der Waals surface area contributed by atoms with Crippen LogP contribution in [0.15, 0.2) is 53.3 Å². The first-order valence-corrected chi connectivity index (χ1v) is 8.59. The largest absolute Gasteiger partial charge is 0.465 e. The smallest absolute Gasteiger partial charge is 0.250 e. The molecule has 0 atom stereocenters. The molecule has 0 aliphatic heterocycles. The van der Waals surface area contributed by atoms with E-state index in [9.17, 15) is 4.79 Å². The molecule has 0 unspecified atom stereocenters. The van der Waals surface area contributed by atoms with E-state index in [1.54, 1.807) is 36.7 Å². The first-order chi connectivity index (χ1) is 11.6. The third kappa shape index (κ3) is 4.26. The minimum atomic E-state index is -0.270. The average Bonchev–Trinajstić information content (AvgIpc) is 3.22. The molecule has 0 fully saturated rings. The predicted molar refractivity (Wildman–Crippen MR) is 97.8 cm³/mol. The number of aromatic nitrogens is 1. The normalized spacial score (nSPS) is 11.1. The van der Waals surface area contributed by atoms with Crippen molar-refractivity contribution in [2.45, 2.75) is 6.42 Å². The first kappa shape index (κ1) is 16.8. The van der Waals surface area contributed by atoms with Gasteiger partial charge < -0.3 is 4.42 Å². The van der Waals surface area contributed by atoms with Crippen molar-refractivity contribution < 1.29 is 9.21 Å². The summed E-state index contributed by atoms with van der Waals surface area (Å²) in [5.74, 6) is 0.341. The molecule has 1 aromatic carbocycles. The number of amides is 1. The van der Waals surface area contributed by atoms with E-state index in [1.807, 2.05) is 12.1 Å². The molecule has 3 aromatic rings. The van der Waals surface area contributed by atoms with Crippen molar-refractivity contribution >= 4 is 51.7 Å². The van der Waals surface area contributed by atoms with Crippen LogP contribution in [0.2, 0.25) is 10.0 Å². The number of anilines is 1. The fourth-order valence-electron chi connectivity index (χ4n) is 2.01. The van der Waals surface area contributed by atoms with Crippen LogP contribution in [0, 0.1) is 0 Å². The predicted octanol–water partition coefficient (Wildman–Crippen LogP) is 5.29. The van der Waals surface area contributed by atoms with Gasteiger partial charge >= 0.3 is 0 Å². The molecule has 2 heterocycles. The van der Waals surface area contributed by atoms with Gasteiger partial charge in [0.1, 0.15) is 5.76 Å². The summed E-state index contributed by atoms with van der Waals surface area (Å²) in [5, 5.41) is 4.31. The Bertz CT molecular complexity index is 873. The Hall–Kier alpha value is -2.08. The van der Waals surface area contributed by atoms with E-state index in [0.717, 1.165) is 10.4 Å². The molecule has 3 rings (SSSR count). The molecule has 0 spiro atoms. The van der Waals surface area contributed by atoms with Crippen LogP contribution in [0.3, 0.4) is 0 Å². The van der Waals surface area contributed by atoms with E-state index in [-0.39, 0.29) is 5.91 Å². The summed E-state index contributed by atoms with van der Waals surface area (Å²) < 4.78 is 5.12. The second kappa shape index (κ2) is 7.66. The lowest BCUT2D eigenvalue weighted by Gasteiger charge is -2.03. The number of benzene rings is 1. The van der Waals surface area contributed by atoms with Crippen LogP contribution >= 0.6 is 34.5 Å². The Kier molecular flexibility index (Phi) is 5.35. The van der Waals surface area contributed by atoms with Crippen molar-refractivity contribution in [2.75, 3.05) is 5.32 Å². The van der Waals surface area contributed by atoms with E-state index in [2.05, 4.69) is 10.3 Å². The molecule has 122 valence electrons. The van der Waals surface area contributed by atoms with Crippen LogP contribution in [0.25, 0.3) is 6.08 Å². The topological polar surface area (TPSA) is 55.1 Å². The van der Waals surface area contributed by atoms with Crippen LogP contribution in [0.4, 0.5) is 5.13 Å². The van der Waals surface area contributed by atoms with Crippen molar-refractivity contribution in [2.24, 2.45) is 0 Å². The van der Waals surface area contributed by atoms with Crippen LogP contribution < -0.4 is 5.32 Å². The Balaban J connectivity index is 1.63. The lowest BCUT2D eigenvalue weighted by molar-refractivity contribution is -0.111. The van der Waals surface area contributed by atoms with Gasteiger partial charge in [0.05, 0.1) is 16.3 Å². The highest BCUT2D eigenvalue weighted by atomic mass is 35.5. The van der Waals surface area contributed by atoms with Gasteiger partial charge in [0.15, 0.2) is 5.13 Å². The molecule has 0 radical (unpaired) electrons. The van der Waals surface area contributed by atoms with Gasteiger partial charge in [-0.3, -0.25) is 10.1 Å². The lowest BCUT2D eigenvalue weighted by Crippen LogP contribution is -2.06. The Morgan fingerprint density at radius 1 is 1.29 bits per heavy atom. The molecule has 1 N–H and O–H groups in total. The second-order valence-electron chi connectivity index (χ2n) is 4.86. The number of rotatable bonds is 5. The maximum absolute atomic E-state index is 11.9. The van der Waals surface area contributed by atoms with Crippen molar-refractivity contribution in [1.82, 2.24) is 4.98 Å². The fraction of sp³-hybridized carbons (Fsp3) is 0.0588. The van der Waals surface area contributed by atoms with E-state index in [4.69, 9.17) is 27.6 Å². The van der Waals surface area contributed by atoms with E-state index >= 15 is 0 Å². The molecule has 0 saturated heterocycles. The highest BCUT2D eigenvalue weighted by molar-refractivity contribution is 7.15. The van der Waals surface area contributed by atoms with Crippen molar-refractivity contribution in [3.8, 4) is 0 Å². The van der Waals surface area contributed by atoms with Gasteiger partial charge in [0, 0.05) is 23.6 Å². The van der Waals surface area contributed by atoms with Crippen LogP contribution in [-0.2, 0) is 11.2 Å². The van der Waals surface area contributed by atoms with Gasteiger partial charge in [0.25, 0.3) is 0 Å². The molecule has 24 heavy (non-hydrogen) atoms.